The molecule has 0 atom stereocenters. The van der Waals surface area contributed by atoms with Gasteiger partial charge < -0.3 is 15.8 Å². The zero-order valence-electron chi connectivity index (χ0n) is 13.7. The molecule has 0 saturated carbocycles. The number of aromatic nitrogens is 1. The van der Waals surface area contributed by atoms with Crippen molar-refractivity contribution in [2.75, 3.05) is 12.4 Å². The minimum Gasteiger partial charge on any atom is -0.480 e. The van der Waals surface area contributed by atoms with Crippen molar-refractivity contribution in [3.63, 3.8) is 0 Å². The summed E-state index contributed by atoms with van der Waals surface area (Å²) in [5, 5.41) is 3.69. The van der Waals surface area contributed by atoms with E-state index in [1.165, 1.54) is 31.1 Å². The molecule has 24 heavy (non-hydrogen) atoms. The molecule has 1 aliphatic carbocycles. The Labute approximate surface area is 146 Å². The quantitative estimate of drug-likeness (QED) is 0.657. The number of nitrogens with zero attached hydrogens (tertiary/aromatic N) is 2. The highest BCUT2D eigenvalue weighted by molar-refractivity contribution is 6.31. The summed E-state index contributed by atoms with van der Waals surface area (Å²) in [6.45, 7) is 0.407. The Balaban J connectivity index is 1.70. The van der Waals surface area contributed by atoms with Crippen molar-refractivity contribution in [3.8, 4) is 5.88 Å². The number of ether oxygens (including phenoxy) is 1. The predicted molar refractivity (Wildman–Crippen MR) is 97.8 cm³/mol. The molecule has 126 valence electrons. The number of hydrogen-bond donors (Lipinski definition) is 2. The number of nitrogens with two attached hydrogens (primary N) is 1. The number of aryl methyl sites for hydroxylation is 1. The van der Waals surface area contributed by atoms with Crippen LogP contribution in [0.1, 0.15) is 29.5 Å². The van der Waals surface area contributed by atoms with E-state index in [4.69, 9.17) is 22.1 Å². The summed E-state index contributed by atoms with van der Waals surface area (Å²) >= 11 is 6.07. The number of guanidine groups is 1. The largest absolute Gasteiger partial charge is 0.480 e. The molecular weight excluding hydrogens is 324 g/mol. The van der Waals surface area contributed by atoms with E-state index in [-0.39, 0.29) is 0 Å². The van der Waals surface area contributed by atoms with Crippen molar-refractivity contribution in [1.29, 1.82) is 0 Å². The molecule has 0 amide bonds. The summed E-state index contributed by atoms with van der Waals surface area (Å²) in [5.41, 5.74) is 10.7. The Morgan fingerprint density at radius 1 is 1.38 bits per heavy atom. The molecule has 3 N–H and O–H groups in total. The fraction of sp³-hybridized carbons (Fsp3) is 0.333. The third-order valence-corrected chi connectivity index (χ3v) is 4.42. The molecule has 0 spiro atoms. The number of fused-ring (bicyclic) bond motifs is 1. The van der Waals surface area contributed by atoms with Crippen LogP contribution >= 0.6 is 11.6 Å². The lowest BCUT2D eigenvalue weighted by molar-refractivity contribution is 0.398. The van der Waals surface area contributed by atoms with Crippen LogP contribution in [0.2, 0.25) is 5.02 Å². The van der Waals surface area contributed by atoms with Gasteiger partial charge in [0, 0.05) is 11.9 Å². The lowest BCUT2D eigenvalue weighted by Crippen LogP contribution is -2.24. The van der Waals surface area contributed by atoms with Crippen LogP contribution in [0.15, 0.2) is 35.5 Å². The number of methoxy groups -OCH3 is 1. The van der Waals surface area contributed by atoms with Gasteiger partial charge >= 0.3 is 0 Å². The highest BCUT2D eigenvalue weighted by Crippen LogP contribution is 2.27. The van der Waals surface area contributed by atoms with E-state index in [0.29, 0.717) is 23.4 Å². The maximum Gasteiger partial charge on any atom is 0.232 e. The van der Waals surface area contributed by atoms with Crippen molar-refractivity contribution in [1.82, 2.24) is 4.98 Å². The standard InChI is InChI=1S/C18H21ClN4O/c1-24-17-15(19)9-12(10-21-17)11-22-18(20)23-16-8-4-6-13-5-2-3-7-14(13)16/h4,6,8-10H,2-3,5,7,11H2,1H3,(H3,20,22,23). The van der Waals surface area contributed by atoms with Crippen molar-refractivity contribution in [2.45, 2.75) is 32.2 Å². The maximum atomic E-state index is 6.07. The third-order valence-electron chi connectivity index (χ3n) is 4.15. The molecule has 5 nitrogen and oxygen atoms in total. The van der Waals surface area contributed by atoms with E-state index in [0.717, 1.165) is 24.1 Å². The Hall–Kier alpha value is -2.27. The van der Waals surface area contributed by atoms with Gasteiger partial charge in [-0.3, -0.25) is 0 Å². The molecule has 1 aromatic carbocycles. The Morgan fingerprint density at radius 3 is 3.00 bits per heavy atom. The Kier molecular flexibility index (Phi) is 5.20. The van der Waals surface area contributed by atoms with Crippen LogP contribution in [-0.2, 0) is 19.4 Å². The van der Waals surface area contributed by atoms with Crippen LogP contribution in [0, 0.1) is 0 Å². The average molecular weight is 345 g/mol. The molecular formula is C18H21ClN4O. The highest BCUT2D eigenvalue weighted by atomic mass is 35.5. The van der Waals surface area contributed by atoms with Crippen LogP contribution in [0.3, 0.4) is 0 Å². The molecule has 1 heterocycles. The Bertz CT molecular complexity index is 761. The zero-order valence-corrected chi connectivity index (χ0v) is 14.4. The van der Waals surface area contributed by atoms with Crippen molar-refractivity contribution >= 4 is 23.2 Å². The van der Waals surface area contributed by atoms with E-state index in [9.17, 15) is 0 Å². The first-order valence-electron chi connectivity index (χ1n) is 8.03. The smallest absolute Gasteiger partial charge is 0.232 e. The van der Waals surface area contributed by atoms with Crippen LogP contribution in [0.5, 0.6) is 5.88 Å². The number of rotatable bonds is 4. The molecule has 0 saturated heterocycles. The lowest BCUT2D eigenvalue weighted by Gasteiger charge is -2.19. The SMILES string of the molecule is COc1ncc(CN=C(N)Nc2cccc3c2CCCC3)cc1Cl. The first-order chi connectivity index (χ1) is 11.7. The van der Waals surface area contributed by atoms with Crippen LogP contribution < -0.4 is 15.8 Å². The number of pyridine rings is 1. The predicted octanol–water partition coefficient (Wildman–Crippen LogP) is 3.55. The number of anilines is 1. The summed E-state index contributed by atoms with van der Waals surface area (Å²) in [6, 6.07) is 8.10. The topological polar surface area (TPSA) is 72.5 Å². The third kappa shape index (κ3) is 3.79. The second kappa shape index (κ2) is 7.53. The Morgan fingerprint density at radius 2 is 2.21 bits per heavy atom. The number of halogens is 1. The van der Waals surface area contributed by atoms with Gasteiger partial charge in [0.25, 0.3) is 0 Å². The van der Waals surface area contributed by atoms with Gasteiger partial charge in [0.1, 0.15) is 5.02 Å². The monoisotopic (exact) mass is 344 g/mol. The fourth-order valence-corrected chi connectivity index (χ4v) is 3.22. The molecule has 2 aromatic rings. The fourth-order valence-electron chi connectivity index (χ4n) is 2.95. The second-order valence-corrected chi connectivity index (χ2v) is 6.22. The van der Waals surface area contributed by atoms with Gasteiger partial charge in [0.2, 0.25) is 5.88 Å². The van der Waals surface area contributed by atoms with Crippen molar-refractivity contribution in [3.05, 3.63) is 52.2 Å². The van der Waals surface area contributed by atoms with E-state index < -0.39 is 0 Å². The minimum atomic E-state index is 0.390. The number of nitrogens with one attached hydrogen (secondary N) is 1. The molecule has 1 aliphatic rings. The van der Waals surface area contributed by atoms with Gasteiger partial charge in [-0.15, -0.1) is 0 Å². The van der Waals surface area contributed by atoms with Gasteiger partial charge in [-0.1, -0.05) is 23.7 Å². The van der Waals surface area contributed by atoms with Crippen LogP contribution in [0.4, 0.5) is 5.69 Å². The first kappa shape index (κ1) is 16.6. The summed E-state index contributed by atoms with van der Waals surface area (Å²) in [4.78, 5) is 8.51. The highest BCUT2D eigenvalue weighted by Gasteiger charge is 2.13. The average Bonchev–Trinajstić information content (AvgIpc) is 2.60. The van der Waals surface area contributed by atoms with Gasteiger partial charge in [-0.2, -0.15) is 0 Å². The minimum absolute atomic E-state index is 0.390. The van der Waals surface area contributed by atoms with Crippen molar-refractivity contribution in [2.24, 2.45) is 10.7 Å². The number of benzene rings is 1. The maximum absolute atomic E-state index is 6.07. The second-order valence-electron chi connectivity index (χ2n) is 5.81. The summed E-state index contributed by atoms with van der Waals surface area (Å²) in [7, 11) is 1.54. The van der Waals surface area contributed by atoms with Gasteiger partial charge in [-0.05, 0) is 54.5 Å². The zero-order chi connectivity index (χ0) is 16.9. The molecule has 1 aromatic heterocycles. The molecule has 0 bridgehead atoms. The summed E-state index contributed by atoms with van der Waals surface area (Å²) in [6.07, 6.45) is 6.39. The molecule has 3 rings (SSSR count). The van der Waals surface area contributed by atoms with E-state index in [1.54, 1.807) is 12.3 Å². The molecule has 0 radical (unpaired) electrons. The summed E-state index contributed by atoms with van der Waals surface area (Å²) in [5.74, 6) is 0.798. The van der Waals surface area contributed by atoms with Gasteiger partial charge in [0.05, 0.1) is 13.7 Å². The molecule has 0 unspecified atom stereocenters. The molecule has 0 aliphatic heterocycles. The normalized spacial score (nSPS) is 14.2. The lowest BCUT2D eigenvalue weighted by atomic mass is 9.90. The van der Waals surface area contributed by atoms with E-state index >= 15 is 0 Å². The van der Waals surface area contributed by atoms with Crippen molar-refractivity contribution < 1.29 is 4.74 Å². The number of hydrogen-bond acceptors (Lipinski definition) is 3. The van der Waals surface area contributed by atoms with E-state index in [2.05, 4.69) is 33.5 Å². The summed E-state index contributed by atoms with van der Waals surface area (Å²) < 4.78 is 5.04. The van der Waals surface area contributed by atoms with Crippen LogP contribution in [-0.4, -0.2) is 18.1 Å². The van der Waals surface area contributed by atoms with Crippen LogP contribution in [0.25, 0.3) is 0 Å². The number of aliphatic imine (C=N–C) groups is 1. The molecule has 6 heteroatoms. The van der Waals surface area contributed by atoms with E-state index in [1.807, 2.05) is 0 Å². The van der Waals surface area contributed by atoms with Gasteiger partial charge in [-0.25, -0.2) is 9.98 Å². The van der Waals surface area contributed by atoms with Gasteiger partial charge in [0.15, 0.2) is 5.96 Å². The molecule has 0 fully saturated rings. The first-order valence-corrected chi connectivity index (χ1v) is 8.41.